The Bertz CT molecular complexity index is 691. The first-order chi connectivity index (χ1) is 9.65. The van der Waals surface area contributed by atoms with Crippen LogP contribution in [0.4, 0.5) is 11.5 Å². The quantitative estimate of drug-likeness (QED) is 0.660. The van der Waals surface area contributed by atoms with Crippen LogP contribution < -0.4 is 19.9 Å². The van der Waals surface area contributed by atoms with Crippen LogP contribution >= 0.6 is 0 Å². The lowest BCUT2D eigenvalue weighted by Gasteiger charge is -2.06. The first kappa shape index (κ1) is 12.0. The Morgan fingerprint density at radius 1 is 1.30 bits per heavy atom. The van der Waals surface area contributed by atoms with E-state index in [-0.39, 0.29) is 18.5 Å². The second-order valence-electron chi connectivity index (χ2n) is 3.79. The lowest BCUT2D eigenvalue weighted by atomic mass is 10.3. The summed E-state index contributed by atoms with van der Waals surface area (Å²) in [6, 6.07) is 4.76. The predicted octanol–water partition coefficient (Wildman–Crippen LogP) is 1.49. The van der Waals surface area contributed by atoms with Gasteiger partial charge in [0.25, 0.3) is 0 Å². The first-order valence-corrected chi connectivity index (χ1v) is 5.47. The Labute approximate surface area is 112 Å². The Balaban J connectivity index is 1.95. The third-order valence-electron chi connectivity index (χ3n) is 2.56. The van der Waals surface area contributed by atoms with Gasteiger partial charge in [-0.3, -0.25) is 10.1 Å². The molecule has 2 heterocycles. The van der Waals surface area contributed by atoms with Crippen molar-refractivity contribution < 1.29 is 19.1 Å². The number of rotatable bonds is 3. The van der Waals surface area contributed by atoms with E-state index < -0.39 is 10.6 Å². The zero-order chi connectivity index (χ0) is 14.1. The molecule has 20 heavy (non-hydrogen) atoms. The normalized spacial score (nSPS) is 12.2. The molecule has 2 N–H and O–H groups in total. The summed E-state index contributed by atoms with van der Waals surface area (Å²) in [7, 11) is 0. The second kappa shape index (κ2) is 4.53. The molecule has 0 aliphatic carbocycles. The molecule has 0 saturated heterocycles. The van der Waals surface area contributed by atoms with E-state index in [0.29, 0.717) is 17.2 Å². The lowest BCUT2D eigenvalue weighted by Crippen LogP contribution is -2.02. The minimum atomic E-state index is -0.697. The highest BCUT2D eigenvalue weighted by Gasteiger charge is 2.23. The molecule has 0 fully saturated rings. The molecule has 0 radical (unpaired) electrons. The average Bonchev–Trinajstić information content (AvgIpc) is 2.85. The number of nitrogens with two attached hydrogens (primary N) is 1. The van der Waals surface area contributed by atoms with E-state index in [4.69, 9.17) is 19.9 Å². The number of benzene rings is 1. The molecule has 1 aliphatic rings. The van der Waals surface area contributed by atoms with Crippen LogP contribution in [0.2, 0.25) is 0 Å². The van der Waals surface area contributed by atoms with Gasteiger partial charge >= 0.3 is 11.6 Å². The van der Waals surface area contributed by atoms with Gasteiger partial charge in [0.15, 0.2) is 11.5 Å². The Hall–Kier alpha value is -3.10. The first-order valence-electron chi connectivity index (χ1n) is 5.47. The van der Waals surface area contributed by atoms with Crippen molar-refractivity contribution in [3.8, 4) is 23.1 Å². The fourth-order valence-corrected chi connectivity index (χ4v) is 1.67. The van der Waals surface area contributed by atoms with Crippen molar-refractivity contribution in [3.63, 3.8) is 0 Å². The number of anilines is 1. The van der Waals surface area contributed by atoms with Gasteiger partial charge in [-0.2, -0.15) is 4.98 Å². The van der Waals surface area contributed by atoms with E-state index in [0.717, 1.165) is 6.33 Å². The number of fused-ring (bicyclic) bond motifs is 1. The van der Waals surface area contributed by atoms with E-state index in [2.05, 4.69) is 9.97 Å². The van der Waals surface area contributed by atoms with Crippen LogP contribution in [-0.4, -0.2) is 21.7 Å². The number of hydrogen-bond donors (Lipinski definition) is 1. The maximum absolute atomic E-state index is 10.9. The fraction of sp³-hybridized carbons (Fsp3) is 0.0909. The number of nitro groups is 1. The van der Waals surface area contributed by atoms with E-state index >= 15 is 0 Å². The molecular formula is C11H8N4O5. The highest BCUT2D eigenvalue weighted by atomic mass is 16.7. The van der Waals surface area contributed by atoms with Gasteiger partial charge in [-0.05, 0) is 12.1 Å². The summed E-state index contributed by atoms with van der Waals surface area (Å²) in [6.07, 6.45) is 1.09. The second-order valence-corrected chi connectivity index (χ2v) is 3.79. The van der Waals surface area contributed by atoms with Crippen molar-refractivity contribution in [2.45, 2.75) is 0 Å². The smallest absolute Gasteiger partial charge is 0.372 e. The molecule has 0 unspecified atom stereocenters. The summed E-state index contributed by atoms with van der Waals surface area (Å²) in [6.45, 7) is 0.124. The number of nitrogen functional groups attached to an aromatic ring is 1. The standard InChI is InChI=1S/C11H8N4O5/c12-10-9(15(16)17)11(14-4-13-10)20-6-1-2-7-8(3-6)19-5-18-7/h1-4H,5H2,(H2,12,13,14). The third kappa shape index (κ3) is 2.00. The Morgan fingerprint density at radius 3 is 2.90 bits per heavy atom. The minimum Gasteiger partial charge on any atom is -0.454 e. The number of ether oxygens (including phenoxy) is 3. The molecular weight excluding hydrogens is 268 g/mol. The van der Waals surface area contributed by atoms with Crippen molar-refractivity contribution in [3.05, 3.63) is 34.6 Å². The summed E-state index contributed by atoms with van der Waals surface area (Å²) in [4.78, 5) is 17.5. The predicted molar refractivity (Wildman–Crippen MR) is 65.7 cm³/mol. The van der Waals surface area contributed by atoms with Gasteiger partial charge in [0.05, 0.1) is 4.92 Å². The van der Waals surface area contributed by atoms with Gasteiger partial charge in [-0.1, -0.05) is 0 Å². The van der Waals surface area contributed by atoms with E-state index in [1.165, 1.54) is 0 Å². The summed E-state index contributed by atoms with van der Waals surface area (Å²) < 4.78 is 15.7. The van der Waals surface area contributed by atoms with Crippen molar-refractivity contribution in [1.29, 1.82) is 0 Å². The number of hydrogen-bond acceptors (Lipinski definition) is 8. The highest BCUT2D eigenvalue weighted by molar-refractivity contribution is 5.59. The SMILES string of the molecule is Nc1ncnc(Oc2ccc3c(c2)OCO3)c1[N+](=O)[O-]. The maximum Gasteiger partial charge on any atom is 0.372 e. The molecule has 1 aromatic carbocycles. The minimum absolute atomic E-state index is 0.124. The maximum atomic E-state index is 10.9. The Morgan fingerprint density at radius 2 is 2.10 bits per heavy atom. The van der Waals surface area contributed by atoms with Crippen LogP contribution in [0.25, 0.3) is 0 Å². The molecule has 9 nitrogen and oxygen atoms in total. The Kier molecular flexibility index (Phi) is 2.71. The van der Waals surface area contributed by atoms with Crippen LogP contribution in [0.15, 0.2) is 24.5 Å². The van der Waals surface area contributed by atoms with Crippen molar-refractivity contribution >= 4 is 11.5 Å². The van der Waals surface area contributed by atoms with Gasteiger partial charge in [-0.25, -0.2) is 4.98 Å². The van der Waals surface area contributed by atoms with Gasteiger partial charge in [0.1, 0.15) is 12.1 Å². The zero-order valence-electron chi connectivity index (χ0n) is 9.98. The van der Waals surface area contributed by atoms with Crippen LogP contribution in [0.5, 0.6) is 23.1 Å². The largest absolute Gasteiger partial charge is 0.454 e. The summed E-state index contributed by atoms with van der Waals surface area (Å²) in [5.41, 5.74) is 4.97. The van der Waals surface area contributed by atoms with Crippen molar-refractivity contribution in [1.82, 2.24) is 9.97 Å². The van der Waals surface area contributed by atoms with Crippen LogP contribution in [0, 0.1) is 10.1 Å². The van der Waals surface area contributed by atoms with Gasteiger partial charge in [-0.15, -0.1) is 0 Å². The van der Waals surface area contributed by atoms with Gasteiger partial charge in [0, 0.05) is 6.07 Å². The average molecular weight is 276 g/mol. The molecule has 1 aromatic heterocycles. The van der Waals surface area contributed by atoms with Crippen LogP contribution in [-0.2, 0) is 0 Å². The van der Waals surface area contributed by atoms with Crippen molar-refractivity contribution in [2.75, 3.05) is 12.5 Å². The molecule has 0 saturated carbocycles. The molecule has 0 spiro atoms. The summed E-state index contributed by atoms with van der Waals surface area (Å²) in [5, 5.41) is 10.9. The lowest BCUT2D eigenvalue weighted by molar-refractivity contribution is -0.385. The van der Waals surface area contributed by atoms with E-state index in [1.807, 2.05) is 0 Å². The summed E-state index contributed by atoms with van der Waals surface area (Å²) in [5.74, 6) is 0.888. The number of aromatic nitrogens is 2. The van der Waals surface area contributed by atoms with Crippen molar-refractivity contribution in [2.24, 2.45) is 0 Å². The van der Waals surface area contributed by atoms with E-state index in [1.54, 1.807) is 18.2 Å². The van der Waals surface area contributed by atoms with Gasteiger partial charge < -0.3 is 19.9 Å². The molecule has 9 heteroatoms. The zero-order valence-corrected chi connectivity index (χ0v) is 9.98. The molecule has 0 amide bonds. The molecule has 3 rings (SSSR count). The molecule has 102 valence electrons. The highest BCUT2D eigenvalue weighted by Crippen LogP contribution is 2.38. The fourth-order valence-electron chi connectivity index (χ4n) is 1.67. The molecule has 0 atom stereocenters. The van der Waals surface area contributed by atoms with Crippen LogP contribution in [0.1, 0.15) is 0 Å². The molecule has 2 aromatic rings. The third-order valence-corrected chi connectivity index (χ3v) is 2.56. The van der Waals surface area contributed by atoms with Gasteiger partial charge in [0.2, 0.25) is 12.6 Å². The van der Waals surface area contributed by atoms with Crippen LogP contribution in [0.3, 0.4) is 0 Å². The molecule has 0 bridgehead atoms. The summed E-state index contributed by atoms with van der Waals surface area (Å²) >= 11 is 0. The topological polar surface area (TPSA) is 123 Å². The number of nitrogens with zero attached hydrogens (tertiary/aromatic N) is 3. The monoisotopic (exact) mass is 276 g/mol. The van der Waals surface area contributed by atoms with E-state index in [9.17, 15) is 10.1 Å². The molecule has 1 aliphatic heterocycles.